The molecule has 2 saturated carbocycles. The second-order valence-electron chi connectivity index (χ2n) is 5.49. The third-order valence-electron chi connectivity index (χ3n) is 3.77. The average Bonchev–Trinajstić information content (AvgIpc) is 2.32. The summed E-state index contributed by atoms with van der Waals surface area (Å²) in [6.07, 6.45) is 0.121. The maximum atomic E-state index is 11.9. The van der Waals surface area contributed by atoms with Crippen LogP contribution in [-0.2, 0) is 14.3 Å². The lowest BCUT2D eigenvalue weighted by atomic mass is 9.92. The first kappa shape index (κ1) is 15.6. The molecule has 0 bridgehead atoms. The smallest absolute Gasteiger partial charge is 0.368 e. The first-order valence-corrected chi connectivity index (χ1v) is 7.08. The molecule has 0 unspecified atom stereocenters. The Hall–Kier alpha value is -0.820. The Morgan fingerprint density at radius 3 is 2.35 bits per heavy atom. The van der Waals surface area contributed by atoms with Gasteiger partial charge in [0.1, 0.15) is 6.61 Å². The normalized spacial score (nSPS) is 27.9. The second kappa shape index (κ2) is 6.76. The summed E-state index contributed by atoms with van der Waals surface area (Å²) in [7, 11) is 0. The molecule has 1 amide bonds. The van der Waals surface area contributed by atoms with Gasteiger partial charge in [-0.05, 0) is 12.8 Å². The zero-order valence-electron chi connectivity index (χ0n) is 11.2. The molecule has 2 rings (SSSR count). The molecule has 0 saturated heterocycles. The van der Waals surface area contributed by atoms with E-state index in [2.05, 4.69) is 10.1 Å². The highest BCUT2D eigenvalue weighted by atomic mass is 19.4. The van der Waals surface area contributed by atoms with Gasteiger partial charge in [-0.1, -0.05) is 19.3 Å². The van der Waals surface area contributed by atoms with Gasteiger partial charge in [-0.25, -0.2) is 0 Å². The van der Waals surface area contributed by atoms with Crippen molar-refractivity contribution in [2.75, 3.05) is 6.61 Å². The van der Waals surface area contributed by atoms with Crippen molar-refractivity contribution in [2.45, 2.75) is 69.6 Å². The number of hydrogen-bond acceptors (Lipinski definition) is 3. The summed E-state index contributed by atoms with van der Waals surface area (Å²) in [5.74, 6) is -0.183. The molecule has 0 aliphatic heterocycles. The zero-order chi connectivity index (χ0) is 14.6. The zero-order valence-corrected chi connectivity index (χ0v) is 11.2. The van der Waals surface area contributed by atoms with Gasteiger partial charge in [0.05, 0.1) is 12.2 Å². The predicted octanol–water partition coefficient (Wildman–Crippen LogP) is 2.52. The molecule has 2 aliphatic rings. The van der Waals surface area contributed by atoms with Gasteiger partial charge >= 0.3 is 6.36 Å². The average molecular weight is 295 g/mol. The van der Waals surface area contributed by atoms with Gasteiger partial charge in [-0.15, -0.1) is 13.2 Å². The van der Waals surface area contributed by atoms with Crippen molar-refractivity contribution in [3.63, 3.8) is 0 Å². The number of rotatable bonds is 5. The standard InChI is InChI=1S/C13H20F3NO3/c14-13(15,16)20-11-6-10(7-11)19-8-12(18)17-9-4-2-1-3-5-9/h9-11H,1-8H2,(H,17,18). The first-order chi connectivity index (χ1) is 9.42. The Morgan fingerprint density at radius 1 is 1.10 bits per heavy atom. The molecule has 4 nitrogen and oxygen atoms in total. The lowest BCUT2D eigenvalue weighted by Gasteiger charge is -2.35. The van der Waals surface area contributed by atoms with Crippen molar-refractivity contribution in [3.8, 4) is 0 Å². The molecule has 20 heavy (non-hydrogen) atoms. The molecule has 0 heterocycles. The van der Waals surface area contributed by atoms with Crippen LogP contribution in [0.5, 0.6) is 0 Å². The Kier molecular flexibility index (Phi) is 5.26. The Bertz CT molecular complexity index is 323. The summed E-state index contributed by atoms with van der Waals surface area (Å²) >= 11 is 0. The predicted molar refractivity (Wildman–Crippen MR) is 64.9 cm³/mol. The largest absolute Gasteiger partial charge is 0.522 e. The van der Waals surface area contributed by atoms with Gasteiger partial charge in [-0.2, -0.15) is 0 Å². The van der Waals surface area contributed by atoms with E-state index in [-0.39, 0.29) is 37.5 Å². The van der Waals surface area contributed by atoms with E-state index in [1.54, 1.807) is 0 Å². The van der Waals surface area contributed by atoms with Crippen LogP contribution in [-0.4, -0.2) is 37.1 Å². The molecular formula is C13H20F3NO3. The lowest BCUT2D eigenvalue weighted by molar-refractivity contribution is -0.357. The van der Waals surface area contributed by atoms with Gasteiger partial charge in [0.15, 0.2) is 0 Å². The van der Waals surface area contributed by atoms with E-state index in [0.29, 0.717) is 0 Å². The highest BCUT2D eigenvalue weighted by Crippen LogP contribution is 2.31. The van der Waals surface area contributed by atoms with E-state index in [4.69, 9.17) is 4.74 Å². The van der Waals surface area contributed by atoms with Gasteiger partial charge < -0.3 is 10.1 Å². The van der Waals surface area contributed by atoms with Crippen LogP contribution in [0.25, 0.3) is 0 Å². The number of hydrogen-bond donors (Lipinski definition) is 1. The number of carbonyl (C=O) groups excluding carboxylic acids is 1. The molecule has 7 heteroatoms. The minimum atomic E-state index is -4.59. The van der Waals surface area contributed by atoms with Crippen LogP contribution in [0.2, 0.25) is 0 Å². The SMILES string of the molecule is O=C(COC1CC(OC(F)(F)F)C1)NC1CCCCC1. The van der Waals surface area contributed by atoms with Crippen molar-refractivity contribution in [1.29, 1.82) is 0 Å². The van der Waals surface area contributed by atoms with Crippen LogP contribution in [0.1, 0.15) is 44.9 Å². The van der Waals surface area contributed by atoms with Gasteiger partial charge in [0.2, 0.25) is 5.91 Å². The maximum absolute atomic E-state index is 11.9. The van der Waals surface area contributed by atoms with Crippen molar-refractivity contribution in [3.05, 3.63) is 0 Å². The molecule has 0 aromatic carbocycles. The first-order valence-electron chi connectivity index (χ1n) is 7.08. The monoisotopic (exact) mass is 295 g/mol. The van der Waals surface area contributed by atoms with Crippen LogP contribution >= 0.6 is 0 Å². The molecule has 116 valence electrons. The minimum absolute atomic E-state index is 0.0834. The Morgan fingerprint density at radius 2 is 1.75 bits per heavy atom. The molecule has 0 atom stereocenters. The highest BCUT2D eigenvalue weighted by molar-refractivity contribution is 5.77. The Balaban J connectivity index is 1.54. The van der Waals surface area contributed by atoms with E-state index in [1.165, 1.54) is 6.42 Å². The van der Waals surface area contributed by atoms with Gasteiger partial charge in [0.25, 0.3) is 0 Å². The third kappa shape index (κ3) is 5.28. The van der Waals surface area contributed by atoms with Crippen LogP contribution in [0.4, 0.5) is 13.2 Å². The van der Waals surface area contributed by atoms with E-state index in [9.17, 15) is 18.0 Å². The number of ether oxygens (including phenoxy) is 2. The van der Waals surface area contributed by atoms with Crippen molar-refractivity contribution in [2.24, 2.45) is 0 Å². The number of carbonyl (C=O) groups is 1. The van der Waals surface area contributed by atoms with Crippen LogP contribution in [0, 0.1) is 0 Å². The Labute approximate surface area is 116 Å². The molecule has 0 aromatic rings. The number of amides is 1. The third-order valence-corrected chi connectivity index (χ3v) is 3.77. The summed E-state index contributed by atoms with van der Waals surface area (Å²) in [6, 6.07) is 0.225. The summed E-state index contributed by atoms with van der Waals surface area (Å²) in [4.78, 5) is 11.6. The number of halogens is 3. The highest BCUT2D eigenvalue weighted by Gasteiger charge is 2.40. The van der Waals surface area contributed by atoms with Gasteiger partial charge in [0, 0.05) is 18.9 Å². The van der Waals surface area contributed by atoms with E-state index in [0.717, 1.165) is 25.7 Å². The van der Waals surface area contributed by atoms with Crippen molar-refractivity contribution < 1.29 is 27.4 Å². The van der Waals surface area contributed by atoms with E-state index < -0.39 is 12.5 Å². The van der Waals surface area contributed by atoms with Crippen LogP contribution in [0.15, 0.2) is 0 Å². The molecule has 1 N–H and O–H groups in total. The molecule has 2 aliphatic carbocycles. The van der Waals surface area contributed by atoms with E-state index >= 15 is 0 Å². The van der Waals surface area contributed by atoms with Gasteiger partial charge in [-0.3, -0.25) is 9.53 Å². The summed E-state index contributed by atoms with van der Waals surface area (Å²) in [5.41, 5.74) is 0. The number of nitrogens with one attached hydrogen (secondary N) is 1. The van der Waals surface area contributed by atoms with E-state index in [1.807, 2.05) is 0 Å². The summed E-state index contributed by atoms with van der Waals surface area (Å²) in [6.45, 7) is -0.0834. The quantitative estimate of drug-likeness (QED) is 0.848. The molecular weight excluding hydrogens is 275 g/mol. The fourth-order valence-electron chi connectivity index (χ4n) is 2.65. The van der Waals surface area contributed by atoms with Crippen molar-refractivity contribution in [1.82, 2.24) is 5.32 Å². The summed E-state index contributed by atoms with van der Waals surface area (Å²) in [5, 5.41) is 2.90. The molecule has 2 fully saturated rings. The summed E-state index contributed by atoms with van der Waals surface area (Å²) < 4.78 is 44.8. The van der Waals surface area contributed by atoms with Crippen molar-refractivity contribution >= 4 is 5.91 Å². The topological polar surface area (TPSA) is 47.6 Å². The minimum Gasteiger partial charge on any atom is -0.368 e. The maximum Gasteiger partial charge on any atom is 0.522 e. The molecule has 0 aromatic heterocycles. The van der Waals surface area contributed by atoms with Crippen LogP contribution < -0.4 is 5.32 Å². The second-order valence-corrected chi connectivity index (χ2v) is 5.49. The fraction of sp³-hybridized carbons (Fsp3) is 0.923. The number of alkyl halides is 3. The molecule has 0 radical (unpaired) electrons. The fourth-order valence-corrected chi connectivity index (χ4v) is 2.65. The molecule has 0 spiro atoms. The lowest BCUT2D eigenvalue weighted by Crippen LogP contribution is -2.43. The van der Waals surface area contributed by atoms with Crippen LogP contribution in [0.3, 0.4) is 0 Å².